The van der Waals surface area contributed by atoms with Gasteiger partial charge in [-0.25, -0.2) is 32.3 Å². The number of amides is 3. The van der Waals surface area contributed by atoms with Crippen LogP contribution in [-0.4, -0.2) is 84.0 Å². The molecule has 4 fully saturated rings. The van der Waals surface area contributed by atoms with E-state index in [1.807, 2.05) is 78.8 Å². The molecule has 16 nitrogen and oxygen atoms in total. The van der Waals surface area contributed by atoms with E-state index in [0.717, 1.165) is 106 Å². The number of halogens is 4. The second-order valence-electron chi connectivity index (χ2n) is 21.3. The molecule has 8 aromatic rings. The van der Waals surface area contributed by atoms with Crippen LogP contribution in [0.4, 0.5) is 33.7 Å². The number of anilines is 2. The van der Waals surface area contributed by atoms with Crippen molar-refractivity contribution in [1.29, 1.82) is 0 Å². The molecule has 0 aliphatic carbocycles. The van der Waals surface area contributed by atoms with Gasteiger partial charge in [-0.3, -0.25) is 9.59 Å². The number of nitrogens with zero attached hydrogens (tertiary/aromatic N) is 9. The Morgan fingerprint density at radius 1 is 0.636 bits per heavy atom. The third kappa shape index (κ3) is 9.50. The van der Waals surface area contributed by atoms with E-state index < -0.39 is 34.9 Å². The van der Waals surface area contributed by atoms with E-state index in [4.69, 9.17) is 23.8 Å². The SMILES string of the molecule is Cc1noc(C)c1-c1ccc2c(c1)nc([C@@H]1CCC(=O)N1c1ccc(F)c(F)c1)n2[C@@H]1CCN(C(=O)OC(C)(C)C)C1.Cc1noc(C)c1-c1ccc2c(c1)nc([C@@H]1CCC(=O)N1c1ccc(F)c(F)c1)n2[C@@H]1CCNC1. The Hall–Kier alpha value is -7.87. The molecular weight excluding hydrogens is 997 g/mol. The number of ether oxygens (including phenoxy) is 1. The lowest BCUT2D eigenvalue weighted by molar-refractivity contribution is -0.118. The zero-order valence-electron chi connectivity index (χ0n) is 43.8. The number of fused-ring (bicyclic) bond motifs is 2. The lowest BCUT2D eigenvalue weighted by Crippen LogP contribution is -2.35. The molecule has 1 N–H and O–H groups in total. The second-order valence-corrected chi connectivity index (χ2v) is 21.3. The van der Waals surface area contributed by atoms with Gasteiger partial charge in [-0.05, 0) is 140 Å². The average Bonchev–Trinajstić information content (AvgIpc) is 4.32. The Labute approximate surface area is 440 Å². The van der Waals surface area contributed by atoms with Crippen molar-refractivity contribution in [3.05, 3.63) is 131 Å². The van der Waals surface area contributed by atoms with Crippen molar-refractivity contribution >= 4 is 51.3 Å². The molecule has 0 spiro atoms. The Morgan fingerprint density at radius 2 is 1.13 bits per heavy atom. The lowest BCUT2D eigenvalue weighted by Gasteiger charge is -2.28. The summed E-state index contributed by atoms with van der Waals surface area (Å²) in [6.07, 6.45) is 2.80. The van der Waals surface area contributed by atoms with Gasteiger partial charge in [0.25, 0.3) is 0 Å². The van der Waals surface area contributed by atoms with Crippen LogP contribution in [-0.2, 0) is 14.3 Å². The number of carbonyl (C=O) groups excluding carboxylic acids is 3. The smallest absolute Gasteiger partial charge is 0.410 e. The minimum Gasteiger partial charge on any atom is -0.444 e. The molecule has 3 amide bonds. The number of nitrogens with one attached hydrogen (secondary N) is 1. The van der Waals surface area contributed by atoms with E-state index in [1.54, 1.807) is 9.80 Å². The molecule has 4 atom stereocenters. The van der Waals surface area contributed by atoms with Crippen LogP contribution in [0, 0.1) is 51.0 Å². The highest BCUT2D eigenvalue weighted by Gasteiger charge is 2.41. The summed E-state index contributed by atoms with van der Waals surface area (Å²) in [6.45, 7) is 15.7. The number of hydrogen-bond donors (Lipinski definition) is 1. The van der Waals surface area contributed by atoms with Crippen LogP contribution in [0.15, 0.2) is 81.8 Å². The molecule has 4 aromatic heterocycles. The molecule has 0 radical (unpaired) electrons. The van der Waals surface area contributed by atoms with Gasteiger partial charge in [0.2, 0.25) is 11.8 Å². The van der Waals surface area contributed by atoms with E-state index in [9.17, 15) is 31.9 Å². The first-order valence-corrected chi connectivity index (χ1v) is 26.0. The van der Waals surface area contributed by atoms with E-state index in [-0.39, 0.29) is 48.1 Å². The molecule has 20 heteroatoms. The largest absolute Gasteiger partial charge is 0.444 e. The van der Waals surface area contributed by atoms with Crippen LogP contribution >= 0.6 is 0 Å². The fourth-order valence-electron chi connectivity index (χ4n) is 11.7. The lowest BCUT2D eigenvalue weighted by atomic mass is 10.0. The number of hydrogen-bond acceptors (Lipinski definition) is 11. The number of benzene rings is 4. The topological polar surface area (TPSA) is 170 Å². The van der Waals surface area contributed by atoms with Crippen LogP contribution in [0.25, 0.3) is 44.3 Å². The maximum Gasteiger partial charge on any atom is 0.410 e. The second kappa shape index (κ2) is 19.9. The van der Waals surface area contributed by atoms with Gasteiger partial charge < -0.3 is 42.9 Å². The van der Waals surface area contributed by atoms with Gasteiger partial charge in [0.1, 0.15) is 28.8 Å². The predicted octanol–water partition coefficient (Wildman–Crippen LogP) is 11.6. The maximum absolute atomic E-state index is 14.3. The standard InChI is InChI=1S/C31H33F2N5O4.C26H25F2N5O2/c1-17-28(18(2)42-35-17)19-6-9-25-24(14-19)34-29(38(25)21-12-13-36(16-21)30(40)41-31(3,4)5)26-10-11-27(39)37(26)20-7-8-22(32)23(33)15-20;1-14-25(15(2)35-31-14)16-3-6-22-21(11-16)30-26(33(22)18-9-10-29-13-18)23-7-8-24(34)32(23)17-4-5-19(27)20(28)12-17/h6-9,14-15,21,26H,10-13,16H2,1-5H3;3-6,11-12,18,23,29H,7-10,13H2,1-2H3/t21-,26+;18-,23+/m11/s1. The van der Waals surface area contributed by atoms with E-state index in [1.165, 1.54) is 17.0 Å². The summed E-state index contributed by atoms with van der Waals surface area (Å²) in [6, 6.07) is 18.4. The molecule has 4 saturated heterocycles. The van der Waals surface area contributed by atoms with Crippen molar-refractivity contribution < 1.29 is 45.7 Å². The zero-order valence-corrected chi connectivity index (χ0v) is 43.8. The van der Waals surface area contributed by atoms with Gasteiger partial charge in [0.05, 0.1) is 51.6 Å². The molecule has 4 aliphatic heterocycles. The van der Waals surface area contributed by atoms with E-state index >= 15 is 0 Å². The highest BCUT2D eigenvalue weighted by molar-refractivity contribution is 5.97. The molecule has 0 unspecified atom stereocenters. The Bertz CT molecular complexity index is 3590. The molecule has 4 aliphatic rings. The van der Waals surface area contributed by atoms with Gasteiger partial charge in [0, 0.05) is 73.2 Å². The van der Waals surface area contributed by atoms with Gasteiger partial charge in [0.15, 0.2) is 23.3 Å². The summed E-state index contributed by atoms with van der Waals surface area (Å²) in [5, 5.41) is 11.6. The molecular formula is C57H58F4N10O6. The molecule has 0 saturated carbocycles. The van der Waals surface area contributed by atoms with Crippen molar-refractivity contribution in [2.45, 2.75) is 117 Å². The van der Waals surface area contributed by atoms with Crippen LogP contribution in [0.5, 0.6) is 0 Å². The monoisotopic (exact) mass is 1050 g/mol. The van der Waals surface area contributed by atoms with Crippen molar-refractivity contribution in [2.24, 2.45) is 0 Å². The summed E-state index contributed by atoms with van der Waals surface area (Å²) in [4.78, 5) is 53.9. The molecule has 400 valence electrons. The molecule has 77 heavy (non-hydrogen) atoms. The fourth-order valence-corrected chi connectivity index (χ4v) is 11.7. The summed E-state index contributed by atoms with van der Waals surface area (Å²) >= 11 is 0. The average molecular weight is 1060 g/mol. The third-order valence-electron chi connectivity index (χ3n) is 15.0. The summed E-state index contributed by atoms with van der Waals surface area (Å²) < 4.78 is 76.4. The number of aryl methyl sites for hydroxylation is 4. The number of imidazole rings is 2. The molecule has 8 heterocycles. The molecule has 4 aromatic carbocycles. The highest BCUT2D eigenvalue weighted by atomic mass is 19.2. The Kier molecular flexibility index (Phi) is 13.3. The fraction of sp³-hybridized carbons (Fsp3) is 0.386. The first-order valence-electron chi connectivity index (χ1n) is 26.0. The number of aromatic nitrogens is 6. The maximum atomic E-state index is 14.3. The quantitative estimate of drug-likeness (QED) is 0.144. The van der Waals surface area contributed by atoms with Crippen molar-refractivity contribution in [3.63, 3.8) is 0 Å². The summed E-state index contributed by atoms with van der Waals surface area (Å²) in [5.41, 5.74) is 8.64. The number of carbonyl (C=O) groups is 3. The van der Waals surface area contributed by atoms with Crippen molar-refractivity contribution in [3.8, 4) is 22.3 Å². The minimum absolute atomic E-state index is 0.124. The van der Waals surface area contributed by atoms with E-state index in [0.29, 0.717) is 61.6 Å². The summed E-state index contributed by atoms with van der Waals surface area (Å²) in [7, 11) is 0. The highest BCUT2D eigenvalue weighted by Crippen LogP contribution is 2.44. The molecule has 12 rings (SSSR count). The first-order chi connectivity index (χ1) is 36.8. The van der Waals surface area contributed by atoms with Gasteiger partial charge >= 0.3 is 6.09 Å². The van der Waals surface area contributed by atoms with Crippen LogP contribution < -0.4 is 15.1 Å². The first kappa shape index (κ1) is 51.2. The Balaban J connectivity index is 0.000000166. The Morgan fingerprint density at radius 3 is 1.56 bits per heavy atom. The third-order valence-corrected chi connectivity index (χ3v) is 15.0. The van der Waals surface area contributed by atoms with E-state index in [2.05, 4.69) is 30.8 Å². The van der Waals surface area contributed by atoms with Gasteiger partial charge in [-0.15, -0.1) is 0 Å². The molecule has 0 bridgehead atoms. The van der Waals surface area contributed by atoms with Crippen molar-refractivity contribution in [2.75, 3.05) is 36.0 Å². The normalized spacial score (nSPS) is 19.9. The van der Waals surface area contributed by atoms with Crippen LogP contribution in [0.3, 0.4) is 0 Å². The predicted molar refractivity (Wildman–Crippen MR) is 279 cm³/mol. The zero-order chi connectivity index (χ0) is 54.2. The van der Waals surface area contributed by atoms with Crippen LogP contribution in [0.2, 0.25) is 0 Å². The van der Waals surface area contributed by atoms with Crippen LogP contribution in [0.1, 0.15) is 118 Å². The van der Waals surface area contributed by atoms with Crippen molar-refractivity contribution in [1.82, 2.24) is 39.6 Å². The summed E-state index contributed by atoms with van der Waals surface area (Å²) in [5.74, 6) is -1.39. The van der Waals surface area contributed by atoms with Gasteiger partial charge in [-0.1, -0.05) is 22.4 Å². The number of likely N-dealkylation sites (tertiary alicyclic amines) is 1. The number of rotatable bonds is 8. The van der Waals surface area contributed by atoms with Gasteiger partial charge in [-0.2, -0.15) is 0 Å². The minimum atomic E-state index is -1.02.